The van der Waals surface area contributed by atoms with Gasteiger partial charge in [0.05, 0.1) is 25.0 Å². The minimum absolute atomic E-state index is 0.119. The van der Waals surface area contributed by atoms with Gasteiger partial charge in [-0.25, -0.2) is 14.7 Å². The molecule has 1 N–H and O–H groups in total. The quantitative estimate of drug-likeness (QED) is 0.474. The minimum atomic E-state index is -4.44. The molecular weight excluding hydrogens is 453 g/mol. The number of nitrogens with one attached hydrogen (secondary N) is 1. The first kappa shape index (κ1) is 21.4. The zero-order chi connectivity index (χ0) is 23.9. The second-order valence-corrected chi connectivity index (χ2v) is 7.40. The summed E-state index contributed by atoms with van der Waals surface area (Å²) in [6, 6.07) is 9.70. The third-order valence-corrected chi connectivity index (χ3v) is 5.17. The van der Waals surface area contributed by atoms with Gasteiger partial charge in [0.15, 0.2) is 11.5 Å². The number of aromatic nitrogens is 5. The number of urea groups is 1. The Labute approximate surface area is 190 Å². The van der Waals surface area contributed by atoms with Gasteiger partial charge in [-0.1, -0.05) is 0 Å². The van der Waals surface area contributed by atoms with Gasteiger partial charge in [0.2, 0.25) is 5.95 Å². The molecule has 0 bridgehead atoms. The standard InChI is InChI=1S/C21H17F3N8O2/c1-34-16-5-2-14(3-6-16)32-18-13(8-25-19(28-18)26-11-21(22,23)24)9-31(20(32)33)15-4-7-17-29-27-12-30(17)10-15/h2-8,10,12H,9,11H2,1H3,(H,25,26,28). The average molecular weight is 470 g/mol. The normalized spacial score (nSPS) is 13.8. The highest BCUT2D eigenvalue weighted by Crippen LogP contribution is 2.36. The van der Waals surface area contributed by atoms with E-state index in [1.54, 1.807) is 47.0 Å². The molecule has 2 amide bonds. The Morgan fingerprint density at radius 2 is 1.88 bits per heavy atom. The molecule has 1 aliphatic heterocycles. The Balaban J connectivity index is 1.57. The average Bonchev–Trinajstić information content (AvgIpc) is 3.30. The summed E-state index contributed by atoms with van der Waals surface area (Å²) in [5.74, 6) is 0.539. The third kappa shape index (κ3) is 4.02. The van der Waals surface area contributed by atoms with Crippen LogP contribution >= 0.6 is 0 Å². The van der Waals surface area contributed by atoms with Crippen LogP contribution in [0.15, 0.2) is 55.1 Å². The van der Waals surface area contributed by atoms with E-state index < -0.39 is 18.8 Å². The lowest BCUT2D eigenvalue weighted by Crippen LogP contribution is -2.45. The Morgan fingerprint density at radius 3 is 2.62 bits per heavy atom. The molecule has 1 aromatic carbocycles. The van der Waals surface area contributed by atoms with Crippen LogP contribution in [-0.4, -0.2) is 50.4 Å². The van der Waals surface area contributed by atoms with Gasteiger partial charge in [0.1, 0.15) is 18.6 Å². The van der Waals surface area contributed by atoms with E-state index in [1.807, 2.05) is 0 Å². The Hall–Kier alpha value is -4.42. The summed E-state index contributed by atoms with van der Waals surface area (Å²) < 4.78 is 44.9. The number of hydrogen-bond acceptors (Lipinski definition) is 7. The van der Waals surface area contributed by atoms with Crippen molar-refractivity contribution >= 4 is 34.8 Å². The SMILES string of the molecule is COc1ccc(N2C(=O)N(c3ccc4nncn4c3)Cc3cnc(NCC(F)(F)F)nc32)cc1. The fraction of sp³-hybridized carbons (Fsp3) is 0.190. The van der Waals surface area contributed by atoms with E-state index in [-0.39, 0.29) is 18.3 Å². The number of hydrogen-bond donors (Lipinski definition) is 1. The number of alkyl halides is 3. The van der Waals surface area contributed by atoms with Crippen molar-refractivity contribution in [1.82, 2.24) is 24.6 Å². The van der Waals surface area contributed by atoms with E-state index in [9.17, 15) is 18.0 Å². The molecule has 0 saturated carbocycles. The van der Waals surface area contributed by atoms with E-state index in [4.69, 9.17) is 4.74 Å². The van der Waals surface area contributed by atoms with Crippen LogP contribution in [0.1, 0.15) is 5.56 Å². The van der Waals surface area contributed by atoms with Crippen LogP contribution in [-0.2, 0) is 6.54 Å². The summed E-state index contributed by atoms with van der Waals surface area (Å²) in [5, 5.41) is 9.97. The monoisotopic (exact) mass is 470 g/mol. The molecule has 0 unspecified atom stereocenters. The van der Waals surface area contributed by atoms with Crippen molar-refractivity contribution in [3.8, 4) is 5.75 Å². The van der Waals surface area contributed by atoms with Crippen LogP contribution in [0.5, 0.6) is 5.75 Å². The van der Waals surface area contributed by atoms with Crippen molar-refractivity contribution in [3.63, 3.8) is 0 Å². The van der Waals surface area contributed by atoms with Crippen molar-refractivity contribution in [3.05, 3.63) is 60.7 Å². The molecule has 174 valence electrons. The molecule has 0 spiro atoms. The van der Waals surface area contributed by atoms with Crippen LogP contribution in [0.4, 0.5) is 41.1 Å². The largest absolute Gasteiger partial charge is 0.497 e. The first-order chi connectivity index (χ1) is 16.3. The molecule has 4 aromatic rings. The molecule has 1 aliphatic rings. The van der Waals surface area contributed by atoms with Gasteiger partial charge in [0, 0.05) is 18.0 Å². The number of fused-ring (bicyclic) bond motifs is 2. The highest BCUT2D eigenvalue weighted by molar-refractivity contribution is 6.10. The molecule has 0 radical (unpaired) electrons. The third-order valence-electron chi connectivity index (χ3n) is 5.17. The maximum Gasteiger partial charge on any atom is 0.405 e. The number of ether oxygens (including phenoxy) is 1. The van der Waals surface area contributed by atoms with Gasteiger partial charge < -0.3 is 10.1 Å². The molecule has 3 aromatic heterocycles. The van der Waals surface area contributed by atoms with Crippen molar-refractivity contribution in [2.45, 2.75) is 12.7 Å². The number of benzene rings is 1. The molecule has 4 heterocycles. The summed E-state index contributed by atoms with van der Waals surface area (Å²) in [4.78, 5) is 24.8. The number of anilines is 4. The maximum absolute atomic E-state index is 13.7. The summed E-state index contributed by atoms with van der Waals surface area (Å²) in [5.41, 5.74) is 2.20. The van der Waals surface area contributed by atoms with Crippen molar-refractivity contribution in [2.75, 3.05) is 28.8 Å². The smallest absolute Gasteiger partial charge is 0.405 e. The highest BCUT2D eigenvalue weighted by Gasteiger charge is 2.35. The Kier molecular flexibility index (Phi) is 5.15. The van der Waals surface area contributed by atoms with Crippen molar-refractivity contribution in [2.24, 2.45) is 0 Å². The second-order valence-electron chi connectivity index (χ2n) is 7.40. The summed E-state index contributed by atoms with van der Waals surface area (Å²) in [6.07, 6.45) is 0.200. The summed E-state index contributed by atoms with van der Waals surface area (Å²) in [6.45, 7) is -1.18. The van der Waals surface area contributed by atoms with Crippen LogP contribution in [0.25, 0.3) is 5.65 Å². The number of nitrogens with zero attached hydrogens (tertiary/aromatic N) is 7. The van der Waals surface area contributed by atoms with Gasteiger partial charge in [-0.15, -0.1) is 10.2 Å². The van der Waals surface area contributed by atoms with Crippen LogP contribution in [0.3, 0.4) is 0 Å². The Bertz CT molecular complexity index is 1360. The van der Waals surface area contributed by atoms with E-state index in [0.29, 0.717) is 28.3 Å². The fourth-order valence-electron chi connectivity index (χ4n) is 3.56. The number of rotatable bonds is 5. The van der Waals surface area contributed by atoms with Gasteiger partial charge >= 0.3 is 12.2 Å². The maximum atomic E-state index is 13.7. The fourth-order valence-corrected chi connectivity index (χ4v) is 3.56. The van der Waals surface area contributed by atoms with Gasteiger partial charge in [0.25, 0.3) is 0 Å². The first-order valence-corrected chi connectivity index (χ1v) is 10.0. The number of methoxy groups -OCH3 is 1. The zero-order valence-electron chi connectivity index (χ0n) is 17.7. The number of halogens is 3. The molecule has 10 nitrogen and oxygen atoms in total. The molecule has 13 heteroatoms. The van der Waals surface area contributed by atoms with Gasteiger partial charge in [-0.05, 0) is 36.4 Å². The first-order valence-electron chi connectivity index (χ1n) is 10.0. The van der Waals surface area contributed by atoms with Gasteiger partial charge in [-0.2, -0.15) is 18.2 Å². The van der Waals surface area contributed by atoms with E-state index in [2.05, 4.69) is 25.5 Å². The van der Waals surface area contributed by atoms with Crippen molar-refractivity contribution in [1.29, 1.82) is 0 Å². The molecule has 5 rings (SSSR count). The molecule has 0 atom stereocenters. The van der Waals surface area contributed by atoms with Crippen LogP contribution in [0.2, 0.25) is 0 Å². The molecule has 34 heavy (non-hydrogen) atoms. The second kappa shape index (κ2) is 8.17. The lowest BCUT2D eigenvalue weighted by molar-refractivity contribution is -0.115. The van der Waals surface area contributed by atoms with Crippen LogP contribution < -0.4 is 19.9 Å². The van der Waals surface area contributed by atoms with E-state index in [1.165, 1.54) is 29.4 Å². The number of amides is 2. The lowest BCUT2D eigenvalue weighted by Gasteiger charge is -2.36. The summed E-state index contributed by atoms with van der Waals surface area (Å²) in [7, 11) is 1.52. The predicted octanol–water partition coefficient (Wildman–Crippen LogP) is 3.78. The molecule has 0 fully saturated rings. The topological polar surface area (TPSA) is 101 Å². The number of pyridine rings is 1. The van der Waals surface area contributed by atoms with Gasteiger partial charge in [-0.3, -0.25) is 9.30 Å². The number of carbonyl (C=O) groups excluding carboxylic acids is 1. The predicted molar refractivity (Wildman–Crippen MR) is 116 cm³/mol. The zero-order valence-corrected chi connectivity index (χ0v) is 17.7. The van der Waals surface area contributed by atoms with E-state index in [0.717, 1.165) is 0 Å². The van der Waals surface area contributed by atoms with Crippen LogP contribution in [0, 0.1) is 0 Å². The van der Waals surface area contributed by atoms with Crippen molar-refractivity contribution < 1.29 is 22.7 Å². The minimum Gasteiger partial charge on any atom is -0.497 e. The van der Waals surface area contributed by atoms with E-state index >= 15 is 0 Å². The molecule has 0 aliphatic carbocycles. The Morgan fingerprint density at radius 1 is 1.12 bits per heavy atom. The lowest BCUT2D eigenvalue weighted by atomic mass is 10.1. The highest BCUT2D eigenvalue weighted by atomic mass is 19.4. The molecular formula is C21H17F3N8O2. The summed E-state index contributed by atoms with van der Waals surface area (Å²) >= 11 is 0. The molecule has 0 saturated heterocycles. The number of carbonyl (C=O) groups is 1.